The van der Waals surface area contributed by atoms with Crippen LogP contribution in [0.15, 0.2) is 12.2 Å². The quantitative estimate of drug-likeness (QED) is 0.253. The molecule has 0 radical (unpaired) electrons. The van der Waals surface area contributed by atoms with E-state index in [2.05, 4.69) is 23.8 Å². The molecule has 2 nitrogen and oxygen atoms in total. The summed E-state index contributed by atoms with van der Waals surface area (Å²) < 4.78 is 4.61. The summed E-state index contributed by atoms with van der Waals surface area (Å²) in [6.45, 7) is 2.18. The molecule has 0 spiro atoms. The molecule has 0 unspecified atom stereocenters. The highest BCUT2D eigenvalue weighted by atomic mass is 16.5. The van der Waals surface area contributed by atoms with Crippen molar-refractivity contribution in [1.82, 2.24) is 0 Å². The number of unbranched alkanes of at least 4 members (excludes halogenated alkanes) is 9. The summed E-state index contributed by atoms with van der Waals surface area (Å²) in [6, 6.07) is 0. The first-order valence-electron chi connectivity index (χ1n) is 8.03. The maximum Gasteiger partial charge on any atom is 0.305 e. The highest BCUT2D eigenvalue weighted by molar-refractivity contribution is 5.68. The molecule has 0 aliphatic rings. The SMILES string of the molecule is CCC=CCCCCCCCCCCCC(=O)OC. The minimum atomic E-state index is -0.0721. The molecule has 0 heterocycles. The number of carbonyl (C=O) groups excluding carboxylic acids is 1. The highest BCUT2D eigenvalue weighted by Crippen LogP contribution is 2.11. The molecule has 19 heavy (non-hydrogen) atoms. The van der Waals surface area contributed by atoms with Crippen molar-refractivity contribution in [2.75, 3.05) is 7.11 Å². The Balaban J connectivity index is 3.03. The van der Waals surface area contributed by atoms with Crippen LogP contribution in [0.3, 0.4) is 0 Å². The van der Waals surface area contributed by atoms with E-state index in [0.717, 1.165) is 19.3 Å². The van der Waals surface area contributed by atoms with Gasteiger partial charge in [-0.25, -0.2) is 0 Å². The third-order valence-corrected chi connectivity index (χ3v) is 3.38. The van der Waals surface area contributed by atoms with Crippen LogP contribution in [0.2, 0.25) is 0 Å². The van der Waals surface area contributed by atoms with Gasteiger partial charge in [-0.1, -0.05) is 64.0 Å². The van der Waals surface area contributed by atoms with Gasteiger partial charge in [-0.2, -0.15) is 0 Å². The molecule has 2 heteroatoms. The van der Waals surface area contributed by atoms with Crippen LogP contribution in [0.5, 0.6) is 0 Å². The van der Waals surface area contributed by atoms with Gasteiger partial charge >= 0.3 is 5.97 Å². The predicted molar refractivity (Wildman–Crippen MR) is 82.2 cm³/mol. The lowest BCUT2D eigenvalue weighted by atomic mass is 10.1. The monoisotopic (exact) mass is 268 g/mol. The molecule has 0 aromatic carbocycles. The molecule has 0 fully saturated rings. The number of rotatable bonds is 13. The van der Waals surface area contributed by atoms with E-state index in [9.17, 15) is 4.79 Å². The maximum atomic E-state index is 10.9. The summed E-state index contributed by atoms with van der Waals surface area (Å²) in [6.07, 6.45) is 19.1. The van der Waals surface area contributed by atoms with Crippen LogP contribution in [0, 0.1) is 0 Å². The van der Waals surface area contributed by atoms with Gasteiger partial charge in [0.25, 0.3) is 0 Å². The molecule has 0 aromatic rings. The topological polar surface area (TPSA) is 26.3 Å². The Morgan fingerprint density at radius 1 is 0.842 bits per heavy atom. The van der Waals surface area contributed by atoms with Gasteiger partial charge in [-0.15, -0.1) is 0 Å². The van der Waals surface area contributed by atoms with E-state index in [1.54, 1.807) is 0 Å². The van der Waals surface area contributed by atoms with Gasteiger partial charge < -0.3 is 4.74 Å². The third kappa shape index (κ3) is 15.2. The van der Waals surface area contributed by atoms with Crippen LogP contribution in [0.1, 0.15) is 84.0 Å². The fraction of sp³-hybridized carbons (Fsp3) is 0.824. The van der Waals surface area contributed by atoms with Gasteiger partial charge in [-0.3, -0.25) is 4.79 Å². The molecule has 0 aromatic heterocycles. The molecule has 0 saturated carbocycles. The smallest absolute Gasteiger partial charge is 0.305 e. The predicted octanol–water partition coefficient (Wildman–Crippen LogP) is 5.42. The molecule has 0 aliphatic carbocycles. The average Bonchev–Trinajstić information content (AvgIpc) is 2.43. The van der Waals surface area contributed by atoms with Gasteiger partial charge in [0.1, 0.15) is 0 Å². The van der Waals surface area contributed by atoms with Crippen LogP contribution in [0.4, 0.5) is 0 Å². The highest BCUT2D eigenvalue weighted by Gasteiger charge is 1.98. The van der Waals surface area contributed by atoms with Crippen molar-refractivity contribution in [3.63, 3.8) is 0 Å². The van der Waals surface area contributed by atoms with Gasteiger partial charge in [0.2, 0.25) is 0 Å². The first-order chi connectivity index (χ1) is 9.31. The van der Waals surface area contributed by atoms with Gasteiger partial charge in [-0.05, 0) is 25.7 Å². The molecule has 0 saturated heterocycles. The summed E-state index contributed by atoms with van der Waals surface area (Å²) in [5, 5.41) is 0. The normalized spacial score (nSPS) is 11.1. The lowest BCUT2D eigenvalue weighted by molar-refractivity contribution is -0.140. The Morgan fingerprint density at radius 3 is 1.89 bits per heavy atom. The molecule has 0 bridgehead atoms. The number of methoxy groups -OCH3 is 1. The van der Waals surface area contributed by atoms with E-state index in [1.807, 2.05) is 0 Å². The second kappa shape index (κ2) is 15.3. The Bertz CT molecular complexity index is 221. The van der Waals surface area contributed by atoms with E-state index in [0.29, 0.717) is 6.42 Å². The van der Waals surface area contributed by atoms with Crippen molar-refractivity contribution in [1.29, 1.82) is 0 Å². The maximum absolute atomic E-state index is 10.9. The molecule has 0 atom stereocenters. The van der Waals surface area contributed by atoms with Crippen LogP contribution >= 0.6 is 0 Å². The van der Waals surface area contributed by atoms with Gasteiger partial charge in [0.15, 0.2) is 0 Å². The molecule has 0 N–H and O–H groups in total. The van der Waals surface area contributed by atoms with E-state index >= 15 is 0 Å². The number of ether oxygens (including phenoxy) is 1. The van der Waals surface area contributed by atoms with E-state index in [-0.39, 0.29) is 5.97 Å². The summed E-state index contributed by atoms with van der Waals surface area (Å²) in [5.41, 5.74) is 0. The van der Waals surface area contributed by atoms with Crippen molar-refractivity contribution in [2.45, 2.75) is 84.0 Å². The zero-order chi connectivity index (χ0) is 14.2. The standard InChI is InChI=1S/C17H32O2/c1-3-4-5-6-7-8-9-10-11-12-13-14-15-16-17(18)19-2/h4-5H,3,6-16H2,1-2H3. The summed E-state index contributed by atoms with van der Waals surface area (Å²) in [7, 11) is 1.46. The molecular formula is C17H32O2. The van der Waals surface area contributed by atoms with Crippen molar-refractivity contribution in [3.05, 3.63) is 12.2 Å². The fourth-order valence-electron chi connectivity index (χ4n) is 2.16. The fourth-order valence-corrected chi connectivity index (χ4v) is 2.16. The largest absolute Gasteiger partial charge is 0.469 e. The first-order valence-corrected chi connectivity index (χ1v) is 8.03. The molecular weight excluding hydrogens is 236 g/mol. The summed E-state index contributed by atoms with van der Waals surface area (Å²) >= 11 is 0. The lowest BCUT2D eigenvalue weighted by Gasteiger charge is -2.02. The zero-order valence-electron chi connectivity index (χ0n) is 13.0. The van der Waals surface area contributed by atoms with Gasteiger partial charge in [0.05, 0.1) is 7.11 Å². The van der Waals surface area contributed by atoms with Crippen molar-refractivity contribution in [3.8, 4) is 0 Å². The zero-order valence-corrected chi connectivity index (χ0v) is 13.0. The Kier molecular flexibility index (Phi) is 14.6. The average molecular weight is 268 g/mol. The van der Waals surface area contributed by atoms with Crippen molar-refractivity contribution < 1.29 is 9.53 Å². The van der Waals surface area contributed by atoms with E-state index < -0.39 is 0 Å². The number of esters is 1. The Labute approximate surface area is 119 Å². The molecule has 0 aliphatic heterocycles. The number of hydrogen-bond acceptors (Lipinski definition) is 2. The first kappa shape index (κ1) is 18.2. The minimum Gasteiger partial charge on any atom is -0.469 e. The summed E-state index contributed by atoms with van der Waals surface area (Å²) in [4.78, 5) is 10.9. The third-order valence-electron chi connectivity index (χ3n) is 3.38. The molecule has 0 rings (SSSR count). The number of allylic oxidation sites excluding steroid dienone is 2. The molecule has 112 valence electrons. The van der Waals surface area contributed by atoms with E-state index in [4.69, 9.17) is 0 Å². The van der Waals surface area contributed by atoms with Crippen molar-refractivity contribution >= 4 is 5.97 Å². The number of carbonyl (C=O) groups is 1. The van der Waals surface area contributed by atoms with Crippen LogP contribution in [-0.4, -0.2) is 13.1 Å². The minimum absolute atomic E-state index is 0.0721. The Morgan fingerprint density at radius 2 is 1.37 bits per heavy atom. The van der Waals surface area contributed by atoms with Gasteiger partial charge in [0, 0.05) is 6.42 Å². The Hall–Kier alpha value is -0.790. The second-order valence-corrected chi connectivity index (χ2v) is 5.18. The van der Waals surface area contributed by atoms with Crippen LogP contribution in [0.25, 0.3) is 0 Å². The van der Waals surface area contributed by atoms with Crippen molar-refractivity contribution in [2.24, 2.45) is 0 Å². The van der Waals surface area contributed by atoms with Crippen LogP contribution in [-0.2, 0) is 9.53 Å². The van der Waals surface area contributed by atoms with Crippen LogP contribution < -0.4 is 0 Å². The summed E-state index contributed by atoms with van der Waals surface area (Å²) in [5.74, 6) is -0.0721. The lowest BCUT2D eigenvalue weighted by Crippen LogP contribution is -1.99. The molecule has 0 amide bonds. The number of hydrogen-bond donors (Lipinski definition) is 0. The van der Waals surface area contributed by atoms with E-state index in [1.165, 1.54) is 58.5 Å². The second-order valence-electron chi connectivity index (χ2n) is 5.18.